The van der Waals surface area contributed by atoms with Crippen LogP contribution in [0.2, 0.25) is 5.02 Å². The van der Waals surface area contributed by atoms with Gasteiger partial charge in [0.2, 0.25) is 0 Å². The van der Waals surface area contributed by atoms with Gasteiger partial charge in [0.1, 0.15) is 23.0 Å². The second kappa shape index (κ2) is 6.61. The van der Waals surface area contributed by atoms with E-state index in [2.05, 4.69) is 5.32 Å². The first kappa shape index (κ1) is 16.8. The van der Waals surface area contributed by atoms with Gasteiger partial charge in [-0.3, -0.25) is 4.79 Å². The Kier molecular flexibility index (Phi) is 4.28. The predicted molar refractivity (Wildman–Crippen MR) is 97.3 cm³/mol. The highest BCUT2D eigenvalue weighted by Crippen LogP contribution is 2.42. The number of hydrogen-bond donors (Lipinski definition) is 1. The summed E-state index contributed by atoms with van der Waals surface area (Å²) < 4.78 is 22.0. The fraction of sp³-hybridized carbons (Fsp3) is 0.316. The highest BCUT2D eigenvalue weighted by atomic mass is 35.5. The van der Waals surface area contributed by atoms with Gasteiger partial charge in [0.25, 0.3) is 5.91 Å². The number of hydrogen-bond acceptors (Lipinski definition) is 5. The van der Waals surface area contributed by atoms with Crippen LogP contribution in [-0.4, -0.2) is 33.3 Å². The minimum atomic E-state index is -0.270. The summed E-state index contributed by atoms with van der Waals surface area (Å²) in [4.78, 5) is 13.1. The third kappa shape index (κ3) is 2.70. The molecule has 0 spiro atoms. The number of methoxy groups -OCH3 is 2. The Morgan fingerprint density at radius 3 is 2.62 bits per heavy atom. The first-order valence-electron chi connectivity index (χ1n) is 8.29. The lowest BCUT2D eigenvalue weighted by Gasteiger charge is -2.16. The molecule has 2 heterocycles. The number of ether oxygens (including phenoxy) is 4. The van der Waals surface area contributed by atoms with Crippen LogP contribution in [-0.2, 0) is 12.8 Å². The maximum Gasteiger partial charge on any atom is 0.259 e. The molecule has 2 aromatic rings. The molecule has 4 rings (SSSR count). The van der Waals surface area contributed by atoms with Crippen molar-refractivity contribution in [3.63, 3.8) is 0 Å². The highest BCUT2D eigenvalue weighted by Gasteiger charge is 2.30. The van der Waals surface area contributed by atoms with Crippen molar-refractivity contribution in [2.45, 2.75) is 12.8 Å². The normalized spacial score (nSPS) is 14.1. The first-order valence-corrected chi connectivity index (χ1v) is 8.67. The summed E-state index contributed by atoms with van der Waals surface area (Å²) in [7, 11) is 3.03. The van der Waals surface area contributed by atoms with Crippen molar-refractivity contribution in [2.75, 3.05) is 32.8 Å². The van der Waals surface area contributed by atoms with E-state index in [1.165, 1.54) is 14.2 Å². The summed E-state index contributed by atoms with van der Waals surface area (Å²) in [5.74, 6) is 2.04. The van der Waals surface area contributed by atoms with E-state index < -0.39 is 0 Å². The Morgan fingerprint density at radius 1 is 1.08 bits per heavy atom. The number of halogens is 1. The van der Waals surface area contributed by atoms with Crippen molar-refractivity contribution in [3.8, 4) is 23.0 Å². The molecule has 0 saturated carbocycles. The first-order chi connectivity index (χ1) is 12.6. The molecule has 0 bridgehead atoms. The van der Waals surface area contributed by atoms with Gasteiger partial charge in [-0.05, 0) is 6.07 Å². The zero-order valence-corrected chi connectivity index (χ0v) is 15.2. The van der Waals surface area contributed by atoms with Gasteiger partial charge in [0.05, 0.1) is 43.7 Å². The van der Waals surface area contributed by atoms with E-state index in [-0.39, 0.29) is 5.91 Å². The quantitative estimate of drug-likeness (QED) is 0.886. The Morgan fingerprint density at radius 2 is 1.85 bits per heavy atom. The zero-order chi connectivity index (χ0) is 18.3. The van der Waals surface area contributed by atoms with Gasteiger partial charge in [-0.25, -0.2) is 0 Å². The van der Waals surface area contributed by atoms with Crippen molar-refractivity contribution in [3.05, 3.63) is 39.9 Å². The number of anilines is 1. The van der Waals surface area contributed by atoms with Gasteiger partial charge in [-0.15, -0.1) is 0 Å². The predicted octanol–water partition coefficient (Wildman–Crippen LogP) is 3.48. The van der Waals surface area contributed by atoms with E-state index >= 15 is 0 Å². The van der Waals surface area contributed by atoms with E-state index in [4.69, 9.17) is 30.5 Å². The fourth-order valence-corrected chi connectivity index (χ4v) is 3.60. The lowest BCUT2D eigenvalue weighted by atomic mass is 9.99. The molecule has 0 fully saturated rings. The van der Waals surface area contributed by atoms with Crippen LogP contribution in [0.15, 0.2) is 18.2 Å². The average molecular weight is 376 g/mol. The lowest BCUT2D eigenvalue weighted by Crippen LogP contribution is -2.16. The van der Waals surface area contributed by atoms with Crippen LogP contribution in [0.3, 0.4) is 0 Å². The SMILES string of the molecule is COc1cc(NC(=O)c2c3c(cc4c2OCC4)OCC3)c(OC)cc1Cl. The Hall–Kier alpha value is -2.60. The van der Waals surface area contributed by atoms with Crippen LogP contribution in [0, 0.1) is 0 Å². The van der Waals surface area contributed by atoms with Crippen molar-refractivity contribution < 1.29 is 23.7 Å². The van der Waals surface area contributed by atoms with E-state index in [1.807, 2.05) is 6.07 Å². The maximum atomic E-state index is 13.1. The molecule has 136 valence electrons. The molecule has 2 aliphatic heterocycles. The van der Waals surface area contributed by atoms with Crippen LogP contribution >= 0.6 is 11.6 Å². The summed E-state index contributed by atoms with van der Waals surface area (Å²) in [5.41, 5.74) is 2.88. The van der Waals surface area contributed by atoms with Crippen LogP contribution < -0.4 is 24.3 Å². The second-order valence-electron chi connectivity index (χ2n) is 6.05. The van der Waals surface area contributed by atoms with Crippen molar-refractivity contribution in [1.82, 2.24) is 0 Å². The van der Waals surface area contributed by atoms with E-state index in [9.17, 15) is 4.79 Å². The van der Waals surface area contributed by atoms with Gasteiger partial charge in [0.15, 0.2) is 0 Å². The standard InChI is InChI=1S/C19H18ClNO5/c1-23-15-9-13(16(24-2)8-12(15)20)21-19(22)17-11-4-6-25-14(11)7-10-3-5-26-18(10)17/h7-9H,3-6H2,1-2H3,(H,21,22). The molecular formula is C19H18ClNO5. The lowest BCUT2D eigenvalue weighted by molar-refractivity contribution is 0.102. The molecule has 0 aromatic heterocycles. The van der Waals surface area contributed by atoms with E-state index in [0.29, 0.717) is 53.2 Å². The molecule has 1 amide bonds. The van der Waals surface area contributed by atoms with Crippen LogP contribution in [0.25, 0.3) is 0 Å². The zero-order valence-electron chi connectivity index (χ0n) is 14.5. The molecule has 2 aliphatic rings. The summed E-state index contributed by atoms with van der Waals surface area (Å²) in [6.07, 6.45) is 1.44. The minimum absolute atomic E-state index is 0.270. The molecule has 0 atom stereocenters. The number of nitrogens with one attached hydrogen (secondary N) is 1. The molecule has 0 saturated heterocycles. The topological polar surface area (TPSA) is 66.0 Å². The fourth-order valence-electron chi connectivity index (χ4n) is 3.37. The molecule has 2 aromatic carbocycles. The number of carbonyl (C=O) groups excluding carboxylic acids is 1. The number of rotatable bonds is 4. The third-order valence-electron chi connectivity index (χ3n) is 4.60. The van der Waals surface area contributed by atoms with Crippen molar-refractivity contribution in [1.29, 1.82) is 0 Å². The maximum absolute atomic E-state index is 13.1. The van der Waals surface area contributed by atoms with Gasteiger partial charge < -0.3 is 24.3 Å². The highest BCUT2D eigenvalue weighted by molar-refractivity contribution is 6.32. The summed E-state index contributed by atoms with van der Waals surface area (Å²) in [6, 6.07) is 5.22. The molecule has 0 unspecified atom stereocenters. The Labute approximate surface area is 156 Å². The monoisotopic (exact) mass is 375 g/mol. The minimum Gasteiger partial charge on any atom is -0.495 e. The smallest absolute Gasteiger partial charge is 0.259 e. The van der Waals surface area contributed by atoms with E-state index in [0.717, 1.165) is 23.3 Å². The van der Waals surface area contributed by atoms with Gasteiger partial charge >= 0.3 is 0 Å². The van der Waals surface area contributed by atoms with Crippen LogP contribution in [0.5, 0.6) is 23.0 Å². The van der Waals surface area contributed by atoms with Gasteiger partial charge in [-0.1, -0.05) is 11.6 Å². The van der Waals surface area contributed by atoms with Crippen molar-refractivity contribution >= 4 is 23.2 Å². The Balaban J connectivity index is 1.75. The third-order valence-corrected chi connectivity index (χ3v) is 4.90. The number of amides is 1. The summed E-state index contributed by atoms with van der Waals surface area (Å²) >= 11 is 6.13. The molecule has 26 heavy (non-hydrogen) atoms. The summed E-state index contributed by atoms with van der Waals surface area (Å²) in [5, 5.41) is 3.30. The molecule has 6 nitrogen and oxygen atoms in total. The van der Waals surface area contributed by atoms with Crippen LogP contribution in [0.1, 0.15) is 21.5 Å². The van der Waals surface area contributed by atoms with Gasteiger partial charge in [-0.2, -0.15) is 0 Å². The van der Waals surface area contributed by atoms with Crippen molar-refractivity contribution in [2.24, 2.45) is 0 Å². The molecule has 0 radical (unpaired) electrons. The molecule has 1 N–H and O–H groups in total. The van der Waals surface area contributed by atoms with Gasteiger partial charge in [0, 0.05) is 36.1 Å². The number of benzene rings is 2. The Bertz CT molecular complexity index is 864. The number of fused-ring (bicyclic) bond motifs is 2. The largest absolute Gasteiger partial charge is 0.495 e. The van der Waals surface area contributed by atoms with Crippen LogP contribution in [0.4, 0.5) is 5.69 Å². The second-order valence-corrected chi connectivity index (χ2v) is 6.46. The molecule has 7 heteroatoms. The average Bonchev–Trinajstić information content (AvgIpc) is 3.29. The van der Waals surface area contributed by atoms with E-state index in [1.54, 1.807) is 12.1 Å². The molecular weight excluding hydrogens is 358 g/mol. The molecule has 0 aliphatic carbocycles. The number of carbonyl (C=O) groups is 1. The summed E-state index contributed by atoms with van der Waals surface area (Å²) in [6.45, 7) is 1.13.